The number of hydrogen-bond donors (Lipinski definition) is 0. The highest BCUT2D eigenvalue weighted by Crippen LogP contribution is 2.16. The van der Waals surface area contributed by atoms with Crippen LogP contribution in [-0.2, 0) is 0 Å². The van der Waals surface area contributed by atoms with Crippen molar-refractivity contribution in [3.63, 3.8) is 0 Å². The number of allylic oxidation sites excluding steroid dienone is 1. The van der Waals surface area contributed by atoms with Gasteiger partial charge in [-0.05, 0) is 19.3 Å². The van der Waals surface area contributed by atoms with E-state index in [2.05, 4.69) is 4.90 Å². The third kappa shape index (κ3) is 3.81. The Labute approximate surface area is 85.5 Å². The molecule has 0 radical (unpaired) electrons. The molecule has 3 heteroatoms. The quantitative estimate of drug-likeness (QED) is 0.376. The van der Waals surface area contributed by atoms with Gasteiger partial charge < -0.3 is 4.90 Å². The van der Waals surface area contributed by atoms with Gasteiger partial charge in [-0.2, -0.15) is 0 Å². The van der Waals surface area contributed by atoms with Gasteiger partial charge in [-0.25, -0.2) is 4.58 Å². The minimum atomic E-state index is 0.869. The maximum atomic E-state index is 6.13. The van der Waals surface area contributed by atoms with Gasteiger partial charge >= 0.3 is 0 Å². The van der Waals surface area contributed by atoms with Crippen molar-refractivity contribution in [2.75, 3.05) is 27.2 Å². The zero-order valence-corrected chi connectivity index (χ0v) is 9.22. The van der Waals surface area contributed by atoms with Crippen LogP contribution < -0.4 is 0 Å². The van der Waals surface area contributed by atoms with Gasteiger partial charge in [-0.3, -0.25) is 0 Å². The first kappa shape index (κ1) is 10.6. The summed E-state index contributed by atoms with van der Waals surface area (Å²) in [7, 11) is 3.99. The number of piperidine rings is 1. The standard InChI is InChI=1S/C10H18ClN2/c1-12(2)9-6-10(11)13-7-4-3-5-8-13/h6,9H,3-5,7-8H2,1-2H3/q+1. The number of rotatable bonds is 2. The molecule has 1 heterocycles. The molecule has 0 aliphatic carbocycles. The van der Waals surface area contributed by atoms with Gasteiger partial charge in [0.2, 0.25) is 0 Å². The van der Waals surface area contributed by atoms with Crippen molar-refractivity contribution in [3.05, 3.63) is 11.2 Å². The molecule has 2 nitrogen and oxygen atoms in total. The van der Waals surface area contributed by atoms with Crippen LogP contribution in [0.3, 0.4) is 0 Å². The summed E-state index contributed by atoms with van der Waals surface area (Å²) in [4.78, 5) is 2.24. The Morgan fingerprint density at radius 1 is 1.23 bits per heavy atom. The number of nitrogens with zero attached hydrogens (tertiary/aromatic N) is 2. The molecule has 0 atom stereocenters. The van der Waals surface area contributed by atoms with Crippen molar-refractivity contribution in [2.24, 2.45) is 0 Å². The molecule has 0 N–H and O–H groups in total. The molecule has 0 unspecified atom stereocenters. The van der Waals surface area contributed by atoms with Crippen molar-refractivity contribution < 1.29 is 4.58 Å². The van der Waals surface area contributed by atoms with E-state index in [1.807, 2.05) is 31.0 Å². The summed E-state index contributed by atoms with van der Waals surface area (Å²) in [6.45, 7) is 2.22. The monoisotopic (exact) mass is 201 g/mol. The molecule has 1 saturated heterocycles. The summed E-state index contributed by atoms with van der Waals surface area (Å²) in [5.74, 6) is 0. The number of halogens is 1. The maximum absolute atomic E-state index is 6.13. The normalized spacial score (nSPS) is 18.7. The molecule has 0 aromatic heterocycles. The summed E-state index contributed by atoms with van der Waals surface area (Å²) in [5, 5.41) is 0.869. The second-order valence-electron chi connectivity index (χ2n) is 3.65. The van der Waals surface area contributed by atoms with Crippen LogP contribution in [0.5, 0.6) is 0 Å². The molecule has 0 aromatic carbocycles. The molecule has 0 amide bonds. The lowest BCUT2D eigenvalue weighted by molar-refractivity contribution is -0.458. The van der Waals surface area contributed by atoms with Crippen LogP contribution in [0.25, 0.3) is 0 Å². The smallest absolute Gasteiger partial charge is 0.165 e. The predicted molar refractivity (Wildman–Crippen MR) is 57.5 cm³/mol. The fourth-order valence-electron chi connectivity index (χ4n) is 1.42. The van der Waals surface area contributed by atoms with E-state index < -0.39 is 0 Å². The molecule has 0 aromatic rings. The largest absolute Gasteiger partial charge is 0.362 e. The summed E-state index contributed by atoms with van der Waals surface area (Å²) >= 11 is 6.13. The Balaban J connectivity index is 2.49. The predicted octanol–water partition coefficient (Wildman–Crippen LogP) is 1.90. The van der Waals surface area contributed by atoms with Gasteiger partial charge in [0.25, 0.3) is 0 Å². The summed E-state index contributed by atoms with van der Waals surface area (Å²) < 4.78 is 1.99. The zero-order valence-electron chi connectivity index (χ0n) is 8.46. The van der Waals surface area contributed by atoms with Crippen molar-refractivity contribution in [2.45, 2.75) is 19.3 Å². The maximum Gasteiger partial charge on any atom is 0.165 e. The van der Waals surface area contributed by atoms with Crippen LogP contribution >= 0.6 is 11.6 Å². The number of hydrogen-bond acceptors (Lipinski definition) is 1. The van der Waals surface area contributed by atoms with Crippen LogP contribution in [-0.4, -0.2) is 42.9 Å². The first-order chi connectivity index (χ1) is 6.20. The van der Waals surface area contributed by atoms with Crippen molar-refractivity contribution >= 4 is 17.8 Å². The highest BCUT2D eigenvalue weighted by molar-refractivity contribution is 6.30. The Bertz CT molecular complexity index is 211. The second-order valence-corrected chi connectivity index (χ2v) is 4.04. The SMILES string of the molecule is C[N+](C)=C/C=C(\Cl)N1CCCCC1. The van der Waals surface area contributed by atoms with Gasteiger partial charge in [0.15, 0.2) is 6.21 Å². The Morgan fingerprint density at radius 3 is 2.38 bits per heavy atom. The van der Waals surface area contributed by atoms with Crippen molar-refractivity contribution in [1.82, 2.24) is 4.90 Å². The second kappa shape index (κ2) is 5.28. The molecule has 13 heavy (non-hydrogen) atoms. The fraction of sp³-hybridized carbons (Fsp3) is 0.700. The molecule has 1 aliphatic rings. The molecule has 0 spiro atoms. The third-order valence-electron chi connectivity index (χ3n) is 2.17. The summed E-state index contributed by atoms with van der Waals surface area (Å²) in [6.07, 6.45) is 7.83. The molecule has 1 fully saturated rings. The minimum absolute atomic E-state index is 0.869. The topological polar surface area (TPSA) is 6.25 Å². The van der Waals surface area contributed by atoms with Gasteiger partial charge in [0, 0.05) is 19.2 Å². The summed E-state index contributed by atoms with van der Waals surface area (Å²) in [5.41, 5.74) is 0. The Morgan fingerprint density at radius 2 is 1.85 bits per heavy atom. The Kier molecular flexibility index (Phi) is 4.29. The molecular weight excluding hydrogens is 184 g/mol. The first-order valence-corrected chi connectivity index (χ1v) is 5.20. The highest BCUT2D eigenvalue weighted by atomic mass is 35.5. The van der Waals surface area contributed by atoms with Crippen molar-refractivity contribution in [3.8, 4) is 0 Å². The lowest BCUT2D eigenvalue weighted by Crippen LogP contribution is -2.27. The third-order valence-corrected chi connectivity index (χ3v) is 2.53. The van der Waals surface area contributed by atoms with E-state index in [1.54, 1.807) is 0 Å². The number of likely N-dealkylation sites (tertiary alicyclic amines) is 1. The van der Waals surface area contributed by atoms with E-state index in [4.69, 9.17) is 11.6 Å². The molecule has 0 saturated carbocycles. The lowest BCUT2D eigenvalue weighted by Gasteiger charge is -2.27. The molecular formula is C10H18ClN2+. The van der Waals surface area contributed by atoms with E-state index in [0.717, 1.165) is 18.2 Å². The van der Waals surface area contributed by atoms with E-state index >= 15 is 0 Å². The molecule has 1 rings (SSSR count). The zero-order chi connectivity index (χ0) is 9.68. The van der Waals surface area contributed by atoms with Crippen molar-refractivity contribution in [1.29, 1.82) is 0 Å². The van der Waals surface area contributed by atoms with Crippen LogP contribution in [0.15, 0.2) is 11.2 Å². The van der Waals surface area contributed by atoms with Crippen LogP contribution in [0.2, 0.25) is 0 Å². The van der Waals surface area contributed by atoms with Gasteiger partial charge in [-0.15, -0.1) is 0 Å². The van der Waals surface area contributed by atoms with Crippen LogP contribution in [0, 0.1) is 0 Å². The van der Waals surface area contributed by atoms with E-state index in [1.165, 1.54) is 19.3 Å². The first-order valence-electron chi connectivity index (χ1n) is 4.82. The Hall–Kier alpha value is -0.500. The van der Waals surface area contributed by atoms with Crippen LogP contribution in [0.1, 0.15) is 19.3 Å². The minimum Gasteiger partial charge on any atom is -0.362 e. The van der Waals surface area contributed by atoms with Gasteiger partial charge in [0.1, 0.15) is 19.3 Å². The molecule has 0 bridgehead atoms. The summed E-state index contributed by atoms with van der Waals surface area (Å²) in [6, 6.07) is 0. The van der Waals surface area contributed by atoms with Crippen LogP contribution in [0.4, 0.5) is 0 Å². The molecule has 74 valence electrons. The highest BCUT2D eigenvalue weighted by Gasteiger charge is 2.10. The fourth-order valence-corrected chi connectivity index (χ4v) is 1.65. The lowest BCUT2D eigenvalue weighted by atomic mass is 10.1. The average Bonchev–Trinajstić information content (AvgIpc) is 2.15. The van der Waals surface area contributed by atoms with E-state index in [-0.39, 0.29) is 0 Å². The van der Waals surface area contributed by atoms with E-state index in [9.17, 15) is 0 Å². The van der Waals surface area contributed by atoms with E-state index in [0.29, 0.717) is 0 Å². The van der Waals surface area contributed by atoms with Gasteiger partial charge in [-0.1, -0.05) is 11.6 Å². The molecule has 1 aliphatic heterocycles. The van der Waals surface area contributed by atoms with Gasteiger partial charge in [0.05, 0.1) is 0 Å². The average molecular weight is 202 g/mol.